The first-order valence-corrected chi connectivity index (χ1v) is 4.88. The highest BCUT2D eigenvalue weighted by atomic mass is 16.5. The molecule has 0 saturated heterocycles. The smallest absolute Gasteiger partial charge is 0.119 e. The maximum absolute atomic E-state index is 10.1. The number of benzene rings is 1. The minimum atomic E-state index is -0.669. The van der Waals surface area contributed by atoms with Crippen molar-refractivity contribution in [2.45, 2.75) is 25.6 Å². The van der Waals surface area contributed by atoms with Crippen molar-refractivity contribution in [2.75, 3.05) is 14.2 Å². The van der Waals surface area contributed by atoms with Crippen molar-refractivity contribution < 1.29 is 14.6 Å². The molecule has 0 radical (unpaired) electrons. The van der Waals surface area contributed by atoms with E-state index in [4.69, 9.17) is 9.47 Å². The van der Waals surface area contributed by atoms with Crippen LogP contribution >= 0.6 is 0 Å². The van der Waals surface area contributed by atoms with Gasteiger partial charge in [0.15, 0.2) is 0 Å². The third kappa shape index (κ3) is 2.70. The first kappa shape index (κ1) is 12.0. The summed E-state index contributed by atoms with van der Waals surface area (Å²) in [5.74, 6) is 0.735. The van der Waals surface area contributed by atoms with Crippen LogP contribution in [0.1, 0.15) is 25.5 Å². The lowest BCUT2D eigenvalue weighted by Gasteiger charge is -2.29. The molecule has 0 amide bonds. The lowest BCUT2D eigenvalue weighted by Crippen LogP contribution is -2.31. The Bertz CT molecular complexity index is 320. The van der Waals surface area contributed by atoms with Gasteiger partial charge in [-0.25, -0.2) is 0 Å². The number of aliphatic hydroxyl groups excluding tert-OH is 1. The van der Waals surface area contributed by atoms with Crippen LogP contribution in [-0.2, 0) is 4.74 Å². The molecule has 0 bridgehead atoms. The number of aliphatic hydroxyl groups is 1. The summed E-state index contributed by atoms with van der Waals surface area (Å²) in [5, 5.41) is 10.1. The lowest BCUT2D eigenvalue weighted by molar-refractivity contribution is -0.0793. The van der Waals surface area contributed by atoms with Crippen LogP contribution < -0.4 is 4.74 Å². The highest BCUT2D eigenvalue weighted by Gasteiger charge is 2.28. The predicted octanol–water partition coefficient (Wildman–Crippen LogP) is 2.15. The molecule has 1 atom stereocenters. The van der Waals surface area contributed by atoms with E-state index in [-0.39, 0.29) is 0 Å². The molecule has 0 aliphatic carbocycles. The summed E-state index contributed by atoms with van der Waals surface area (Å²) in [5.41, 5.74) is 0.188. The first-order chi connectivity index (χ1) is 7.01. The summed E-state index contributed by atoms with van der Waals surface area (Å²) in [6, 6.07) is 7.36. The van der Waals surface area contributed by atoms with E-state index < -0.39 is 11.7 Å². The summed E-state index contributed by atoms with van der Waals surface area (Å²) in [4.78, 5) is 0. The number of rotatable bonds is 4. The van der Waals surface area contributed by atoms with Gasteiger partial charge in [0.05, 0.1) is 12.7 Å². The molecule has 15 heavy (non-hydrogen) atoms. The Kier molecular flexibility index (Phi) is 3.72. The Morgan fingerprint density at radius 2 is 1.93 bits per heavy atom. The van der Waals surface area contributed by atoms with Crippen molar-refractivity contribution in [2.24, 2.45) is 0 Å². The molecular weight excluding hydrogens is 192 g/mol. The largest absolute Gasteiger partial charge is 0.497 e. The van der Waals surface area contributed by atoms with E-state index in [1.807, 2.05) is 38.1 Å². The third-order valence-corrected chi connectivity index (χ3v) is 2.59. The molecule has 1 unspecified atom stereocenters. The van der Waals surface area contributed by atoms with Gasteiger partial charge in [0.25, 0.3) is 0 Å². The molecular formula is C12H18O3. The number of methoxy groups -OCH3 is 2. The summed E-state index contributed by atoms with van der Waals surface area (Å²) in [6.07, 6.45) is -0.669. The molecule has 3 nitrogen and oxygen atoms in total. The summed E-state index contributed by atoms with van der Waals surface area (Å²) in [6.45, 7) is 3.69. The van der Waals surface area contributed by atoms with Crippen molar-refractivity contribution in [3.63, 3.8) is 0 Å². The molecule has 0 aromatic heterocycles. The van der Waals surface area contributed by atoms with Crippen LogP contribution in [0.4, 0.5) is 0 Å². The lowest BCUT2D eigenvalue weighted by atomic mass is 9.94. The number of hydrogen-bond donors (Lipinski definition) is 1. The number of hydrogen-bond acceptors (Lipinski definition) is 3. The molecule has 0 spiro atoms. The summed E-state index contributed by atoms with van der Waals surface area (Å²) < 4.78 is 10.3. The maximum atomic E-state index is 10.1. The Balaban J connectivity index is 2.95. The van der Waals surface area contributed by atoms with Gasteiger partial charge in [-0.15, -0.1) is 0 Å². The molecule has 1 aromatic rings. The molecule has 1 N–H and O–H groups in total. The van der Waals surface area contributed by atoms with E-state index >= 15 is 0 Å². The van der Waals surface area contributed by atoms with Crippen LogP contribution in [0.15, 0.2) is 24.3 Å². The Morgan fingerprint density at radius 1 is 1.27 bits per heavy atom. The van der Waals surface area contributed by atoms with E-state index in [0.717, 1.165) is 11.3 Å². The van der Waals surface area contributed by atoms with Crippen LogP contribution in [0.3, 0.4) is 0 Å². The average molecular weight is 210 g/mol. The number of ether oxygens (including phenoxy) is 2. The minimum absolute atomic E-state index is 0.605. The molecule has 0 saturated carbocycles. The maximum Gasteiger partial charge on any atom is 0.119 e. The second-order valence-electron chi connectivity index (χ2n) is 3.99. The van der Waals surface area contributed by atoms with Crippen molar-refractivity contribution in [3.05, 3.63) is 29.8 Å². The van der Waals surface area contributed by atoms with Crippen LogP contribution in [-0.4, -0.2) is 24.9 Å². The molecule has 3 heteroatoms. The zero-order chi connectivity index (χ0) is 11.5. The molecule has 1 rings (SSSR count). The standard InChI is InChI=1S/C12H18O3/c1-12(2,15-4)11(13)9-6-5-7-10(8-9)14-3/h5-8,11,13H,1-4H3. The summed E-state index contributed by atoms with van der Waals surface area (Å²) in [7, 11) is 3.19. The average Bonchev–Trinajstić information content (AvgIpc) is 2.28. The minimum Gasteiger partial charge on any atom is -0.497 e. The van der Waals surface area contributed by atoms with Gasteiger partial charge in [0.1, 0.15) is 11.9 Å². The van der Waals surface area contributed by atoms with Crippen molar-refractivity contribution in [1.29, 1.82) is 0 Å². The van der Waals surface area contributed by atoms with Crippen LogP contribution in [0, 0.1) is 0 Å². The fraction of sp³-hybridized carbons (Fsp3) is 0.500. The Morgan fingerprint density at radius 3 is 2.47 bits per heavy atom. The van der Waals surface area contributed by atoms with E-state index in [9.17, 15) is 5.11 Å². The highest BCUT2D eigenvalue weighted by molar-refractivity contribution is 5.30. The predicted molar refractivity (Wildman–Crippen MR) is 59.0 cm³/mol. The van der Waals surface area contributed by atoms with E-state index in [1.54, 1.807) is 14.2 Å². The highest BCUT2D eigenvalue weighted by Crippen LogP contribution is 2.29. The van der Waals surface area contributed by atoms with Crippen molar-refractivity contribution in [1.82, 2.24) is 0 Å². The third-order valence-electron chi connectivity index (χ3n) is 2.59. The topological polar surface area (TPSA) is 38.7 Å². The normalized spacial score (nSPS) is 13.7. The van der Waals surface area contributed by atoms with Crippen LogP contribution in [0.2, 0.25) is 0 Å². The van der Waals surface area contributed by atoms with Gasteiger partial charge in [0.2, 0.25) is 0 Å². The molecule has 1 aromatic carbocycles. The fourth-order valence-electron chi connectivity index (χ4n) is 1.32. The monoisotopic (exact) mass is 210 g/mol. The van der Waals surface area contributed by atoms with Crippen LogP contribution in [0.5, 0.6) is 5.75 Å². The van der Waals surface area contributed by atoms with Gasteiger partial charge < -0.3 is 14.6 Å². The van der Waals surface area contributed by atoms with Crippen molar-refractivity contribution in [3.8, 4) is 5.75 Å². The van der Waals surface area contributed by atoms with Gasteiger partial charge in [-0.1, -0.05) is 12.1 Å². The summed E-state index contributed by atoms with van der Waals surface area (Å²) >= 11 is 0. The molecule has 0 aliphatic rings. The Labute approximate surface area is 90.6 Å². The van der Waals surface area contributed by atoms with Gasteiger partial charge >= 0.3 is 0 Å². The van der Waals surface area contributed by atoms with E-state index in [1.165, 1.54) is 0 Å². The molecule has 0 fully saturated rings. The second kappa shape index (κ2) is 4.64. The quantitative estimate of drug-likeness (QED) is 0.827. The van der Waals surface area contributed by atoms with Gasteiger partial charge in [0, 0.05) is 7.11 Å². The SMILES string of the molecule is COc1cccc(C(O)C(C)(C)OC)c1. The zero-order valence-corrected chi connectivity index (χ0v) is 9.65. The van der Waals surface area contributed by atoms with Gasteiger partial charge in [-0.2, -0.15) is 0 Å². The first-order valence-electron chi connectivity index (χ1n) is 4.88. The molecule has 84 valence electrons. The molecule has 0 heterocycles. The van der Waals surface area contributed by atoms with Gasteiger partial charge in [-0.3, -0.25) is 0 Å². The molecule has 0 aliphatic heterocycles. The van der Waals surface area contributed by atoms with Crippen LogP contribution in [0.25, 0.3) is 0 Å². The van der Waals surface area contributed by atoms with Gasteiger partial charge in [-0.05, 0) is 31.5 Å². The second-order valence-corrected chi connectivity index (χ2v) is 3.99. The Hall–Kier alpha value is -1.06. The zero-order valence-electron chi connectivity index (χ0n) is 9.65. The fourth-order valence-corrected chi connectivity index (χ4v) is 1.32. The van der Waals surface area contributed by atoms with E-state index in [0.29, 0.717) is 0 Å². The van der Waals surface area contributed by atoms with Crippen molar-refractivity contribution >= 4 is 0 Å². The van der Waals surface area contributed by atoms with E-state index in [2.05, 4.69) is 0 Å².